The highest BCUT2D eigenvalue weighted by molar-refractivity contribution is 5.79. The third-order valence-corrected chi connectivity index (χ3v) is 2.15. The first-order valence-electron chi connectivity index (χ1n) is 3.73. The van der Waals surface area contributed by atoms with Gasteiger partial charge in [0, 0.05) is 13.1 Å². The van der Waals surface area contributed by atoms with Crippen LogP contribution in [0.1, 0.15) is 19.3 Å². The van der Waals surface area contributed by atoms with Crippen LogP contribution in [-0.2, 0) is 4.79 Å². The van der Waals surface area contributed by atoms with E-state index in [2.05, 4.69) is 5.32 Å². The fraction of sp³-hybridized carbons (Fsp3) is 0.857. The van der Waals surface area contributed by atoms with Gasteiger partial charge in [-0.15, -0.1) is 0 Å². The van der Waals surface area contributed by atoms with E-state index in [4.69, 9.17) is 5.73 Å². The molecular formula is C7H14N2O. The molecule has 0 heterocycles. The zero-order chi connectivity index (χ0) is 7.56. The lowest BCUT2D eigenvalue weighted by atomic mass is 10.0. The number of carbonyl (C=O) groups excluding carboxylic acids is 1. The van der Waals surface area contributed by atoms with Crippen molar-refractivity contribution < 1.29 is 4.79 Å². The van der Waals surface area contributed by atoms with Gasteiger partial charge in [-0.05, 0) is 12.8 Å². The maximum absolute atomic E-state index is 11.0. The summed E-state index contributed by atoms with van der Waals surface area (Å²) >= 11 is 0. The first-order valence-corrected chi connectivity index (χ1v) is 3.73. The molecule has 3 nitrogen and oxygen atoms in total. The van der Waals surface area contributed by atoms with Gasteiger partial charge in [0.2, 0.25) is 5.91 Å². The number of hydrogen-bond acceptors (Lipinski definition) is 2. The summed E-state index contributed by atoms with van der Waals surface area (Å²) in [5.41, 5.74) is 5.69. The fourth-order valence-electron chi connectivity index (χ4n) is 1.50. The molecule has 0 aromatic carbocycles. The molecular weight excluding hydrogens is 128 g/mol. The van der Waals surface area contributed by atoms with E-state index in [1.165, 1.54) is 0 Å². The summed E-state index contributed by atoms with van der Waals surface area (Å²) in [4.78, 5) is 11.0. The Kier molecular flexibility index (Phi) is 2.27. The minimum absolute atomic E-state index is 0.0741. The van der Waals surface area contributed by atoms with Crippen LogP contribution in [0.2, 0.25) is 0 Å². The number of amides is 1. The lowest BCUT2D eigenvalue weighted by molar-refractivity contribution is -0.124. The van der Waals surface area contributed by atoms with Crippen LogP contribution in [0.4, 0.5) is 0 Å². The summed E-state index contributed by atoms with van der Waals surface area (Å²) in [6.07, 6.45) is 3.05. The van der Waals surface area contributed by atoms with Crippen molar-refractivity contribution in [1.82, 2.24) is 5.32 Å². The Morgan fingerprint density at radius 3 is 2.70 bits per heavy atom. The highest BCUT2D eigenvalue weighted by Gasteiger charge is 2.29. The van der Waals surface area contributed by atoms with Crippen LogP contribution < -0.4 is 11.1 Å². The fourth-order valence-corrected chi connectivity index (χ4v) is 1.50. The van der Waals surface area contributed by atoms with E-state index >= 15 is 0 Å². The summed E-state index contributed by atoms with van der Waals surface area (Å²) in [6.45, 7) is 0. The zero-order valence-electron chi connectivity index (χ0n) is 6.26. The molecule has 1 rings (SSSR count). The summed E-state index contributed by atoms with van der Waals surface area (Å²) in [5.74, 6) is 0.176. The lowest BCUT2D eigenvalue weighted by Gasteiger charge is -2.12. The highest BCUT2D eigenvalue weighted by Crippen LogP contribution is 2.23. The maximum Gasteiger partial charge on any atom is 0.224 e. The summed E-state index contributed by atoms with van der Waals surface area (Å²) in [6, 6.07) is 0.0972. The van der Waals surface area contributed by atoms with Crippen LogP contribution in [0.3, 0.4) is 0 Å². The number of nitrogens with two attached hydrogens (primary N) is 1. The largest absolute Gasteiger partial charge is 0.359 e. The molecule has 0 spiro atoms. The number of rotatable bonds is 1. The third-order valence-electron chi connectivity index (χ3n) is 2.15. The van der Waals surface area contributed by atoms with E-state index in [-0.39, 0.29) is 17.9 Å². The van der Waals surface area contributed by atoms with E-state index in [0.717, 1.165) is 19.3 Å². The van der Waals surface area contributed by atoms with Crippen LogP contribution >= 0.6 is 0 Å². The molecule has 0 aromatic heterocycles. The van der Waals surface area contributed by atoms with Crippen LogP contribution in [0.15, 0.2) is 0 Å². The average molecular weight is 142 g/mol. The SMILES string of the molecule is CNC(=O)[C@H]1CCC[C@@H]1N. The van der Waals surface area contributed by atoms with E-state index in [1.54, 1.807) is 7.05 Å². The molecule has 10 heavy (non-hydrogen) atoms. The monoisotopic (exact) mass is 142 g/mol. The topological polar surface area (TPSA) is 55.1 Å². The second kappa shape index (κ2) is 3.01. The van der Waals surface area contributed by atoms with Crippen molar-refractivity contribution in [2.75, 3.05) is 7.05 Å². The van der Waals surface area contributed by atoms with Crippen LogP contribution in [-0.4, -0.2) is 19.0 Å². The second-order valence-corrected chi connectivity index (χ2v) is 2.82. The lowest BCUT2D eigenvalue weighted by Crippen LogP contribution is -2.36. The molecule has 0 unspecified atom stereocenters. The average Bonchev–Trinajstić information content (AvgIpc) is 2.34. The molecule has 1 aliphatic rings. The molecule has 2 atom stereocenters. The van der Waals surface area contributed by atoms with Crippen molar-refractivity contribution in [3.8, 4) is 0 Å². The number of nitrogens with one attached hydrogen (secondary N) is 1. The van der Waals surface area contributed by atoms with E-state index in [1.807, 2.05) is 0 Å². The van der Waals surface area contributed by atoms with E-state index in [9.17, 15) is 4.79 Å². The predicted molar refractivity (Wildman–Crippen MR) is 39.4 cm³/mol. The Morgan fingerprint density at radius 1 is 1.60 bits per heavy atom. The van der Waals surface area contributed by atoms with Crippen molar-refractivity contribution in [3.05, 3.63) is 0 Å². The summed E-state index contributed by atoms with van der Waals surface area (Å²) < 4.78 is 0. The maximum atomic E-state index is 11.0. The quantitative estimate of drug-likeness (QED) is 0.535. The van der Waals surface area contributed by atoms with Gasteiger partial charge in [0.1, 0.15) is 0 Å². The molecule has 0 aromatic rings. The molecule has 0 aliphatic heterocycles. The predicted octanol–water partition coefficient (Wildman–Crippen LogP) is -0.140. The van der Waals surface area contributed by atoms with Gasteiger partial charge in [0.15, 0.2) is 0 Å². The van der Waals surface area contributed by atoms with E-state index in [0.29, 0.717) is 0 Å². The van der Waals surface area contributed by atoms with Crippen LogP contribution in [0, 0.1) is 5.92 Å². The Hall–Kier alpha value is -0.570. The molecule has 0 saturated heterocycles. The van der Waals surface area contributed by atoms with E-state index < -0.39 is 0 Å². The Morgan fingerprint density at radius 2 is 2.30 bits per heavy atom. The normalized spacial score (nSPS) is 32.2. The summed E-state index contributed by atoms with van der Waals surface area (Å²) in [7, 11) is 1.66. The molecule has 58 valence electrons. The first kappa shape index (κ1) is 7.54. The van der Waals surface area contributed by atoms with Crippen LogP contribution in [0.5, 0.6) is 0 Å². The Balaban J connectivity index is 2.46. The first-order chi connectivity index (χ1) is 4.75. The zero-order valence-corrected chi connectivity index (χ0v) is 6.26. The third kappa shape index (κ3) is 1.29. The standard InChI is InChI=1S/C7H14N2O/c1-9-7(10)5-3-2-4-6(5)8/h5-6H,2-4,8H2,1H3,(H,9,10)/t5-,6-/m0/s1. The van der Waals surface area contributed by atoms with Gasteiger partial charge in [0.25, 0.3) is 0 Å². The minimum atomic E-state index is 0.0741. The van der Waals surface area contributed by atoms with Gasteiger partial charge in [-0.1, -0.05) is 6.42 Å². The molecule has 3 N–H and O–H groups in total. The Labute approximate surface area is 61.0 Å². The molecule has 1 aliphatic carbocycles. The minimum Gasteiger partial charge on any atom is -0.359 e. The van der Waals surface area contributed by atoms with Gasteiger partial charge >= 0.3 is 0 Å². The molecule has 3 heteroatoms. The van der Waals surface area contributed by atoms with Gasteiger partial charge in [-0.25, -0.2) is 0 Å². The summed E-state index contributed by atoms with van der Waals surface area (Å²) in [5, 5.41) is 2.62. The molecule has 1 saturated carbocycles. The molecule has 1 fully saturated rings. The molecule has 0 radical (unpaired) electrons. The number of hydrogen-bond donors (Lipinski definition) is 2. The van der Waals surface area contributed by atoms with Gasteiger partial charge in [-0.2, -0.15) is 0 Å². The second-order valence-electron chi connectivity index (χ2n) is 2.82. The van der Waals surface area contributed by atoms with Crippen molar-refractivity contribution >= 4 is 5.91 Å². The molecule has 0 bridgehead atoms. The van der Waals surface area contributed by atoms with Gasteiger partial charge in [-0.3, -0.25) is 4.79 Å². The Bertz CT molecular complexity index is 136. The van der Waals surface area contributed by atoms with Crippen molar-refractivity contribution in [3.63, 3.8) is 0 Å². The van der Waals surface area contributed by atoms with Crippen LogP contribution in [0.25, 0.3) is 0 Å². The number of carbonyl (C=O) groups is 1. The van der Waals surface area contributed by atoms with Crippen molar-refractivity contribution in [2.45, 2.75) is 25.3 Å². The smallest absolute Gasteiger partial charge is 0.224 e. The molecule has 1 amide bonds. The highest BCUT2D eigenvalue weighted by atomic mass is 16.1. The van der Waals surface area contributed by atoms with Crippen molar-refractivity contribution in [1.29, 1.82) is 0 Å². The van der Waals surface area contributed by atoms with Crippen molar-refractivity contribution in [2.24, 2.45) is 11.7 Å². The van der Waals surface area contributed by atoms with Gasteiger partial charge < -0.3 is 11.1 Å². The van der Waals surface area contributed by atoms with Gasteiger partial charge in [0.05, 0.1) is 5.92 Å².